The minimum Gasteiger partial charge on any atom is -0.504 e. The highest BCUT2D eigenvalue weighted by Gasteiger charge is 2.20. The average molecular weight is 195 g/mol. The maximum absolute atomic E-state index is 13.0. The molecule has 0 aliphatic rings. The fourth-order valence-corrected chi connectivity index (χ4v) is 1.04. The Labute approximate surface area is 81.0 Å². The van der Waals surface area contributed by atoms with Crippen molar-refractivity contribution >= 4 is 0 Å². The number of benzene rings is 1. The van der Waals surface area contributed by atoms with Gasteiger partial charge < -0.3 is 10.2 Å². The molecule has 0 fully saturated rings. The lowest BCUT2D eigenvalue weighted by Gasteiger charge is -2.18. The number of phenolic OH excluding ortho intramolecular Hbond substituents is 1. The zero-order chi connectivity index (χ0) is 10.9. The lowest BCUT2D eigenvalue weighted by Crippen LogP contribution is -2.16. The molecule has 1 aromatic carbocycles. The van der Waals surface area contributed by atoms with Gasteiger partial charge in [-0.15, -0.1) is 0 Å². The summed E-state index contributed by atoms with van der Waals surface area (Å²) >= 11 is 0. The van der Waals surface area contributed by atoms with E-state index in [2.05, 4.69) is 0 Å². The van der Waals surface area contributed by atoms with E-state index in [1.165, 1.54) is 19.9 Å². The fourth-order valence-electron chi connectivity index (χ4n) is 1.04. The molecule has 3 nitrogen and oxygen atoms in total. The summed E-state index contributed by atoms with van der Waals surface area (Å²) in [5, 5.41) is 27.2. The van der Waals surface area contributed by atoms with Crippen LogP contribution in [0.3, 0.4) is 0 Å². The van der Waals surface area contributed by atoms with Crippen molar-refractivity contribution in [1.82, 2.24) is 0 Å². The lowest BCUT2D eigenvalue weighted by atomic mass is 9.96. The van der Waals surface area contributed by atoms with Crippen LogP contribution in [0.5, 0.6) is 5.75 Å². The molecule has 0 aliphatic heterocycles. The Kier molecular flexibility index (Phi) is 2.45. The van der Waals surface area contributed by atoms with Crippen LogP contribution in [0.2, 0.25) is 0 Å². The first kappa shape index (κ1) is 10.5. The number of hydrogen-bond donors (Lipinski definition) is 2. The van der Waals surface area contributed by atoms with Crippen molar-refractivity contribution in [2.45, 2.75) is 19.4 Å². The molecule has 0 aromatic heterocycles. The highest BCUT2D eigenvalue weighted by atomic mass is 19.1. The minimum atomic E-state index is -1.24. The molecule has 4 heteroatoms. The maximum atomic E-state index is 13.0. The molecule has 0 amide bonds. The molecule has 0 aliphatic carbocycles. The van der Waals surface area contributed by atoms with E-state index in [0.29, 0.717) is 0 Å². The van der Waals surface area contributed by atoms with Crippen LogP contribution in [0.25, 0.3) is 0 Å². The molecular formula is C10H10FNO2. The standard InChI is InChI=1S/C10H10FNO2/c1-10(2,14)7-3-6(5-12)9(13)8(11)4-7/h3-4,13-14H,1-2H3. The Morgan fingerprint density at radius 1 is 1.43 bits per heavy atom. The largest absolute Gasteiger partial charge is 0.504 e. The van der Waals surface area contributed by atoms with Gasteiger partial charge in [0.25, 0.3) is 0 Å². The number of hydrogen-bond acceptors (Lipinski definition) is 3. The smallest absolute Gasteiger partial charge is 0.169 e. The fraction of sp³-hybridized carbons (Fsp3) is 0.300. The van der Waals surface area contributed by atoms with E-state index in [0.717, 1.165) is 6.07 Å². The topological polar surface area (TPSA) is 64.2 Å². The predicted octanol–water partition coefficient (Wildman–Crippen LogP) is 1.63. The van der Waals surface area contributed by atoms with Crippen molar-refractivity contribution in [2.24, 2.45) is 0 Å². The van der Waals surface area contributed by atoms with E-state index in [-0.39, 0.29) is 11.1 Å². The van der Waals surface area contributed by atoms with E-state index >= 15 is 0 Å². The van der Waals surface area contributed by atoms with Crippen molar-refractivity contribution in [3.8, 4) is 11.8 Å². The van der Waals surface area contributed by atoms with E-state index in [1.54, 1.807) is 6.07 Å². The van der Waals surface area contributed by atoms with Crippen molar-refractivity contribution in [3.63, 3.8) is 0 Å². The van der Waals surface area contributed by atoms with Crippen molar-refractivity contribution < 1.29 is 14.6 Å². The summed E-state index contributed by atoms with van der Waals surface area (Å²) in [5.74, 6) is -1.58. The van der Waals surface area contributed by atoms with Crippen LogP contribution in [-0.2, 0) is 5.60 Å². The third kappa shape index (κ3) is 1.83. The SMILES string of the molecule is CC(C)(O)c1cc(F)c(O)c(C#N)c1. The number of nitriles is 1. The third-order valence-corrected chi connectivity index (χ3v) is 1.89. The molecular weight excluding hydrogens is 185 g/mol. The molecule has 0 atom stereocenters. The second kappa shape index (κ2) is 3.28. The Bertz CT molecular complexity index is 402. The molecule has 0 saturated heterocycles. The summed E-state index contributed by atoms with van der Waals surface area (Å²) < 4.78 is 13.0. The number of rotatable bonds is 1. The Balaban J connectivity index is 3.40. The van der Waals surface area contributed by atoms with Crippen LogP contribution in [-0.4, -0.2) is 10.2 Å². The predicted molar refractivity (Wildman–Crippen MR) is 48.0 cm³/mol. The maximum Gasteiger partial charge on any atom is 0.169 e. The number of nitrogens with zero attached hydrogens (tertiary/aromatic N) is 1. The van der Waals surface area contributed by atoms with Crippen LogP contribution in [0.1, 0.15) is 25.0 Å². The highest BCUT2D eigenvalue weighted by molar-refractivity contribution is 5.46. The monoisotopic (exact) mass is 195 g/mol. The molecule has 0 unspecified atom stereocenters. The first-order valence-electron chi connectivity index (χ1n) is 4.01. The number of aromatic hydroxyl groups is 1. The van der Waals surface area contributed by atoms with Crippen molar-refractivity contribution in [3.05, 3.63) is 29.1 Å². The lowest BCUT2D eigenvalue weighted by molar-refractivity contribution is 0.0781. The first-order valence-corrected chi connectivity index (χ1v) is 4.01. The van der Waals surface area contributed by atoms with Gasteiger partial charge in [0.1, 0.15) is 6.07 Å². The first-order chi connectivity index (χ1) is 6.36. The van der Waals surface area contributed by atoms with Gasteiger partial charge in [-0.05, 0) is 31.5 Å². The number of phenols is 1. The van der Waals surface area contributed by atoms with Gasteiger partial charge >= 0.3 is 0 Å². The molecule has 0 spiro atoms. The van der Waals surface area contributed by atoms with Gasteiger partial charge in [0.05, 0.1) is 11.2 Å². The molecule has 0 radical (unpaired) electrons. The molecule has 0 heterocycles. The average Bonchev–Trinajstić information content (AvgIpc) is 2.07. The van der Waals surface area contributed by atoms with Gasteiger partial charge in [0.2, 0.25) is 0 Å². The van der Waals surface area contributed by atoms with Gasteiger partial charge in [0.15, 0.2) is 11.6 Å². The summed E-state index contributed by atoms with van der Waals surface area (Å²) in [4.78, 5) is 0. The number of halogens is 1. The highest BCUT2D eigenvalue weighted by Crippen LogP contribution is 2.28. The quantitative estimate of drug-likeness (QED) is 0.715. The molecule has 1 rings (SSSR count). The van der Waals surface area contributed by atoms with E-state index in [4.69, 9.17) is 10.4 Å². The summed E-state index contributed by atoms with van der Waals surface area (Å²) in [6.07, 6.45) is 0. The summed E-state index contributed by atoms with van der Waals surface area (Å²) in [6.45, 7) is 2.94. The van der Waals surface area contributed by atoms with Crippen LogP contribution in [0.4, 0.5) is 4.39 Å². The molecule has 2 N–H and O–H groups in total. The van der Waals surface area contributed by atoms with E-state index in [9.17, 15) is 9.50 Å². The van der Waals surface area contributed by atoms with Gasteiger partial charge in [-0.2, -0.15) is 5.26 Å². The van der Waals surface area contributed by atoms with Crippen LogP contribution >= 0.6 is 0 Å². The Hall–Kier alpha value is -1.60. The number of aliphatic hydroxyl groups is 1. The molecule has 74 valence electrons. The van der Waals surface area contributed by atoms with Gasteiger partial charge in [-0.1, -0.05) is 0 Å². The van der Waals surface area contributed by atoms with Crippen LogP contribution in [0.15, 0.2) is 12.1 Å². The second-order valence-corrected chi connectivity index (χ2v) is 3.53. The molecule has 1 aromatic rings. The zero-order valence-electron chi connectivity index (χ0n) is 7.87. The van der Waals surface area contributed by atoms with E-state index in [1.807, 2.05) is 0 Å². The summed E-state index contributed by atoms with van der Waals surface area (Å²) in [6, 6.07) is 3.92. The Morgan fingerprint density at radius 3 is 2.43 bits per heavy atom. The molecule has 0 saturated carbocycles. The molecule has 14 heavy (non-hydrogen) atoms. The summed E-state index contributed by atoms with van der Waals surface area (Å²) in [7, 11) is 0. The normalized spacial score (nSPS) is 11.1. The van der Waals surface area contributed by atoms with Crippen LogP contribution < -0.4 is 0 Å². The van der Waals surface area contributed by atoms with Crippen molar-refractivity contribution in [1.29, 1.82) is 5.26 Å². The van der Waals surface area contributed by atoms with Crippen molar-refractivity contribution in [2.75, 3.05) is 0 Å². The zero-order valence-corrected chi connectivity index (χ0v) is 7.87. The molecule has 0 bridgehead atoms. The van der Waals surface area contributed by atoms with E-state index < -0.39 is 17.2 Å². The van der Waals surface area contributed by atoms with Gasteiger partial charge in [0, 0.05) is 0 Å². The summed E-state index contributed by atoms with van der Waals surface area (Å²) in [5.41, 5.74) is -1.16. The van der Waals surface area contributed by atoms with Crippen LogP contribution in [0, 0.1) is 17.1 Å². The third-order valence-electron chi connectivity index (χ3n) is 1.89. The minimum absolute atomic E-state index is 0.179. The second-order valence-electron chi connectivity index (χ2n) is 3.53. The Morgan fingerprint density at radius 2 is 2.00 bits per heavy atom. The van der Waals surface area contributed by atoms with Gasteiger partial charge in [-0.25, -0.2) is 4.39 Å². The van der Waals surface area contributed by atoms with Gasteiger partial charge in [-0.3, -0.25) is 0 Å².